The van der Waals surface area contributed by atoms with Gasteiger partial charge < -0.3 is 14.3 Å². The number of carbonyl (C=O) groups is 1. The third kappa shape index (κ3) is 2.92. The zero-order valence-corrected chi connectivity index (χ0v) is 12.3. The van der Waals surface area contributed by atoms with Crippen LogP contribution in [0, 0.1) is 6.92 Å². The number of alkyl halides is 3. The fourth-order valence-electron chi connectivity index (χ4n) is 2.40. The molecule has 1 aromatic heterocycles. The molecule has 0 aliphatic rings. The summed E-state index contributed by atoms with van der Waals surface area (Å²) in [4.78, 5) is 11.3. The number of hydrogen-bond acceptors (Lipinski definition) is 3. The van der Waals surface area contributed by atoms with Gasteiger partial charge in [-0.05, 0) is 43.3 Å². The van der Waals surface area contributed by atoms with Crippen molar-refractivity contribution in [3.8, 4) is 11.5 Å². The zero-order chi connectivity index (χ0) is 17.5. The summed E-state index contributed by atoms with van der Waals surface area (Å²) in [6, 6.07) is 8.88. The zero-order valence-electron chi connectivity index (χ0n) is 12.3. The number of halogens is 3. The van der Waals surface area contributed by atoms with E-state index in [2.05, 4.69) is 0 Å². The summed E-state index contributed by atoms with van der Waals surface area (Å²) in [7, 11) is 0. The van der Waals surface area contributed by atoms with Gasteiger partial charge in [0, 0.05) is 5.39 Å². The largest absolute Gasteiger partial charge is 0.478 e. The number of carboxylic acids is 1. The first kappa shape index (κ1) is 15.9. The Labute approximate surface area is 134 Å². The molecule has 0 saturated carbocycles. The monoisotopic (exact) mass is 336 g/mol. The first-order chi connectivity index (χ1) is 11.3. The number of furan rings is 1. The molecule has 124 valence electrons. The molecule has 24 heavy (non-hydrogen) atoms. The average molecular weight is 336 g/mol. The van der Waals surface area contributed by atoms with E-state index in [1.165, 1.54) is 37.3 Å². The summed E-state index contributed by atoms with van der Waals surface area (Å²) in [5.41, 5.74) is -0.466. The molecular weight excluding hydrogens is 325 g/mol. The second-order valence-corrected chi connectivity index (χ2v) is 5.12. The number of carboxylic acid groups (broad SMARTS) is 1. The summed E-state index contributed by atoms with van der Waals surface area (Å²) in [5.74, 6) is -0.692. The molecule has 0 spiro atoms. The topological polar surface area (TPSA) is 59.7 Å². The van der Waals surface area contributed by atoms with Crippen LogP contribution in [0.3, 0.4) is 0 Å². The number of rotatable bonds is 3. The van der Waals surface area contributed by atoms with Crippen LogP contribution in [0.25, 0.3) is 11.0 Å². The van der Waals surface area contributed by atoms with Crippen molar-refractivity contribution in [2.75, 3.05) is 0 Å². The van der Waals surface area contributed by atoms with Gasteiger partial charge in [-0.15, -0.1) is 0 Å². The standard InChI is InChI=1S/C17H11F3O4/c1-9-15(16(21)22)13-8-12(5-6-14(13)23-9)24-11-4-2-3-10(7-11)17(18,19)20/h2-8H,1H3,(H,21,22). The molecule has 0 aliphatic heterocycles. The second-order valence-electron chi connectivity index (χ2n) is 5.12. The van der Waals surface area contributed by atoms with E-state index in [1.807, 2.05) is 0 Å². The number of aromatic carboxylic acids is 1. The van der Waals surface area contributed by atoms with Gasteiger partial charge in [-0.3, -0.25) is 0 Å². The number of fused-ring (bicyclic) bond motifs is 1. The lowest BCUT2D eigenvalue weighted by Crippen LogP contribution is -2.04. The fourth-order valence-corrected chi connectivity index (χ4v) is 2.40. The lowest BCUT2D eigenvalue weighted by Gasteiger charge is -2.10. The Balaban J connectivity index is 1.99. The number of ether oxygens (including phenoxy) is 1. The maximum Gasteiger partial charge on any atom is 0.416 e. The third-order valence-corrected chi connectivity index (χ3v) is 3.45. The molecule has 7 heteroatoms. The van der Waals surface area contributed by atoms with Crippen LogP contribution >= 0.6 is 0 Å². The Morgan fingerprint density at radius 3 is 2.50 bits per heavy atom. The highest BCUT2D eigenvalue weighted by Crippen LogP contribution is 2.34. The molecule has 4 nitrogen and oxygen atoms in total. The SMILES string of the molecule is Cc1oc2ccc(Oc3cccc(C(F)(F)F)c3)cc2c1C(=O)O. The maximum atomic E-state index is 12.7. The van der Waals surface area contributed by atoms with Gasteiger partial charge >= 0.3 is 12.1 Å². The summed E-state index contributed by atoms with van der Waals surface area (Å²) in [6.45, 7) is 1.52. The van der Waals surface area contributed by atoms with Gasteiger partial charge in [0.05, 0.1) is 5.56 Å². The van der Waals surface area contributed by atoms with Crippen LogP contribution in [-0.2, 0) is 6.18 Å². The molecule has 1 heterocycles. The predicted molar refractivity (Wildman–Crippen MR) is 79.4 cm³/mol. The molecule has 0 atom stereocenters. The highest BCUT2D eigenvalue weighted by molar-refractivity contribution is 6.03. The van der Waals surface area contributed by atoms with E-state index >= 15 is 0 Å². The molecule has 0 radical (unpaired) electrons. The van der Waals surface area contributed by atoms with Crippen LogP contribution in [0.5, 0.6) is 11.5 Å². The Hall–Kier alpha value is -2.96. The maximum absolute atomic E-state index is 12.7. The average Bonchev–Trinajstić information content (AvgIpc) is 2.82. The van der Waals surface area contributed by atoms with Crippen molar-refractivity contribution < 1.29 is 32.2 Å². The number of aryl methyl sites for hydroxylation is 1. The van der Waals surface area contributed by atoms with Crippen molar-refractivity contribution in [1.82, 2.24) is 0 Å². The number of benzene rings is 2. The van der Waals surface area contributed by atoms with Crippen LogP contribution < -0.4 is 4.74 Å². The van der Waals surface area contributed by atoms with Crippen LogP contribution in [0.4, 0.5) is 13.2 Å². The minimum absolute atomic E-state index is 0.000470. The van der Waals surface area contributed by atoms with Crippen molar-refractivity contribution in [3.63, 3.8) is 0 Å². The molecule has 0 fully saturated rings. The Kier molecular flexibility index (Phi) is 3.71. The number of hydrogen-bond donors (Lipinski definition) is 1. The normalized spacial score (nSPS) is 11.7. The Morgan fingerprint density at radius 2 is 1.83 bits per heavy atom. The van der Waals surface area contributed by atoms with E-state index in [4.69, 9.17) is 9.15 Å². The van der Waals surface area contributed by atoms with E-state index in [-0.39, 0.29) is 22.8 Å². The molecule has 0 saturated heterocycles. The summed E-state index contributed by atoms with van der Waals surface area (Å²) < 4.78 is 49.0. The van der Waals surface area contributed by atoms with E-state index < -0.39 is 17.7 Å². The van der Waals surface area contributed by atoms with Gasteiger partial charge in [0.15, 0.2) is 0 Å². The predicted octanol–water partition coefficient (Wildman–Crippen LogP) is 5.25. The lowest BCUT2D eigenvalue weighted by atomic mass is 10.1. The lowest BCUT2D eigenvalue weighted by molar-refractivity contribution is -0.137. The van der Waals surface area contributed by atoms with Crippen LogP contribution in [-0.4, -0.2) is 11.1 Å². The fraction of sp³-hybridized carbons (Fsp3) is 0.118. The van der Waals surface area contributed by atoms with Gasteiger partial charge in [-0.1, -0.05) is 6.07 Å². The molecule has 0 bridgehead atoms. The van der Waals surface area contributed by atoms with Crippen molar-refractivity contribution in [2.45, 2.75) is 13.1 Å². The first-order valence-corrected chi connectivity index (χ1v) is 6.87. The van der Waals surface area contributed by atoms with Gasteiger partial charge in [0.2, 0.25) is 0 Å². The Bertz CT molecular complexity index is 925. The molecule has 0 aliphatic carbocycles. The van der Waals surface area contributed by atoms with Crippen LogP contribution in [0.15, 0.2) is 46.9 Å². The quantitative estimate of drug-likeness (QED) is 0.709. The molecular formula is C17H11F3O4. The minimum atomic E-state index is -4.47. The van der Waals surface area contributed by atoms with E-state index in [1.54, 1.807) is 0 Å². The molecule has 0 unspecified atom stereocenters. The molecule has 1 N–H and O–H groups in total. The summed E-state index contributed by atoms with van der Waals surface area (Å²) in [5, 5.41) is 9.56. The van der Waals surface area contributed by atoms with Crippen LogP contribution in [0.2, 0.25) is 0 Å². The van der Waals surface area contributed by atoms with Crippen LogP contribution in [0.1, 0.15) is 21.7 Å². The van der Waals surface area contributed by atoms with Crippen molar-refractivity contribution >= 4 is 16.9 Å². The van der Waals surface area contributed by atoms with Gasteiger partial charge in [0.1, 0.15) is 28.4 Å². The third-order valence-electron chi connectivity index (χ3n) is 3.45. The van der Waals surface area contributed by atoms with Crippen molar-refractivity contribution in [2.24, 2.45) is 0 Å². The first-order valence-electron chi connectivity index (χ1n) is 6.87. The highest BCUT2D eigenvalue weighted by Gasteiger charge is 2.30. The second kappa shape index (κ2) is 5.59. The van der Waals surface area contributed by atoms with Gasteiger partial charge in [0.25, 0.3) is 0 Å². The van der Waals surface area contributed by atoms with Gasteiger partial charge in [-0.25, -0.2) is 4.79 Å². The summed E-state index contributed by atoms with van der Waals surface area (Å²) >= 11 is 0. The van der Waals surface area contributed by atoms with E-state index in [9.17, 15) is 23.1 Å². The molecule has 3 rings (SSSR count). The Morgan fingerprint density at radius 1 is 1.12 bits per heavy atom. The minimum Gasteiger partial charge on any atom is -0.478 e. The van der Waals surface area contributed by atoms with E-state index in [0.717, 1.165) is 12.1 Å². The van der Waals surface area contributed by atoms with Gasteiger partial charge in [-0.2, -0.15) is 13.2 Å². The molecule has 2 aromatic carbocycles. The van der Waals surface area contributed by atoms with Crippen molar-refractivity contribution in [3.05, 3.63) is 59.4 Å². The summed E-state index contributed by atoms with van der Waals surface area (Å²) in [6.07, 6.45) is -4.47. The smallest absolute Gasteiger partial charge is 0.416 e. The van der Waals surface area contributed by atoms with E-state index in [0.29, 0.717) is 11.0 Å². The molecule has 0 amide bonds. The van der Waals surface area contributed by atoms with Crippen molar-refractivity contribution in [1.29, 1.82) is 0 Å². The highest BCUT2D eigenvalue weighted by atomic mass is 19.4. The molecule has 3 aromatic rings.